The summed E-state index contributed by atoms with van der Waals surface area (Å²) in [6.07, 6.45) is 0. The summed E-state index contributed by atoms with van der Waals surface area (Å²) < 4.78 is 6.33. The van der Waals surface area contributed by atoms with E-state index in [2.05, 4.69) is 81.4 Å². The van der Waals surface area contributed by atoms with Crippen LogP contribution in [0.2, 0.25) is 0 Å². The molecule has 0 saturated heterocycles. The zero-order valence-corrected chi connectivity index (χ0v) is 17.8. The molecule has 31 heavy (non-hydrogen) atoms. The van der Waals surface area contributed by atoms with Crippen molar-refractivity contribution in [3.63, 3.8) is 0 Å². The van der Waals surface area contributed by atoms with E-state index < -0.39 is 0 Å². The predicted molar refractivity (Wildman–Crippen MR) is 129 cm³/mol. The molecule has 2 heterocycles. The summed E-state index contributed by atoms with van der Waals surface area (Å²) in [5.41, 5.74) is 5.97. The number of aromatic nitrogens is 2. The van der Waals surface area contributed by atoms with Crippen molar-refractivity contribution in [2.75, 3.05) is 0 Å². The van der Waals surface area contributed by atoms with Crippen LogP contribution < -0.4 is 0 Å². The molecule has 3 heteroatoms. The Morgan fingerprint density at radius 3 is 2.29 bits per heavy atom. The normalized spacial score (nSPS) is 12.0. The summed E-state index contributed by atoms with van der Waals surface area (Å²) in [6.45, 7) is 6.43. The Balaban J connectivity index is 1.77. The number of para-hydroxylation sites is 2. The summed E-state index contributed by atoms with van der Waals surface area (Å²) in [5.74, 6) is 1.07. The molecule has 6 rings (SSSR count). The molecule has 150 valence electrons. The standard InChI is InChI=1S/C28H22N2O/c1-16(2)28-29-25-20-10-6-8-17(3)18(20)14-15-22(25)26(30-28)23-12-7-11-21-19-9-4-5-13-24(19)31-27(21)23/h4-16H,1-3H3. The zero-order valence-electron chi connectivity index (χ0n) is 17.8. The van der Waals surface area contributed by atoms with Crippen molar-refractivity contribution >= 4 is 43.6 Å². The SMILES string of the molecule is Cc1cccc2c1ccc1c(-c3cccc4c3oc3ccccc34)nc(C(C)C)nc12. The molecule has 0 fully saturated rings. The van der Waals surface area contributed by atoms with Gasteiger partial charge < -0.3 is 4.42 Å². The number of hydrogen-bond donors (Lipinski definition) is 0. The molecule has 0 atom stereocenters. The lowest BCUT2D eigenvalue weighted by atomic mass is 9.98. The molecule has 0 spiro atoms. The van der Waals surface area contributed by atoms with E-state index in [0.29, 0.717) is 0 Å². The molecule has 0 aliphatic rings. The number of nitrogens with zero attached hydrogens (tertiary/aromatic N) is 2. The van der Waals surface area contributed by atoms with Crippen LogP contribution in [0.4, 0.5) is 0 Å². The maximum absolute atomic E-state index is 6.33. The van der Waals surface area contributed by atoms with E-state index in [1.54, 1.807) is 0 Å². The van der Waals surface area contributed by atoms with E-state index in [1.807, 2.05) is 12.1 Å². The lowest BCUT2D eigenvalue weighted by molar-refractivity contribution is 0.669. The fourth-order valence-electron chi connectivity index (χ4n) is 4.52. The van der Waals surface area contributed by atoms with Crippen molar-refractivity contribution in [2.24, 2.45) is 0 Å². The van der Waals surface area contributed by atoms with Crippen molar-refractivity contribution in [1.82, 2.24) is 9.97 Å². The summed E-state index contributed by atoms with van der Waals surface area (Å²) >= 11 is 0. The maximum Gasteiger partial charge on any atom is 0.144 e. The number of hydrogen-bond acceptors (Lipinski definition) is 3. The Bertz CT molecular complexity index is 1630. The van der Waals surface area contributed by atoms with Gasteiger partial charge in [-0.05, 0) is 36.1 Å². The van der Waals surface area contributed by atoms with Gasteiger partial charge in [0.15, 0.2) is 0 Å². The Kier molecular flexibility index (Phi) is 3.87. The highest BCUT2D eigenvalue weighted by molar-refractivity contribution is 6.14. The Hall–Kier alpha value is -3.72. The van der Waals surface area contributed by atoms with E-state index in [-0.39, 0.29) is 5.92 Å². The first-order valence-corrected chi connectivity index (χ1v) is 10.7. The van der Waals surface area contributed by atoms with Crippen LogP contribution in [0.3, 0.4) is 0 Å². The first kappa shape index (κ1) is 18.1. The lowest BCUT2D eigenvalue weighted by Gasteiger charge is -2.13. The van der Waals surface area contributed by atoms with Crippen LogP contribution in [0.15, 0.2) is 77.2 Å². The highest BCUT2D eigenvalue weighted by atomic mass is 16.3. The van der Waals surface area contributed by atoms with E-state index in [4.69, 9.17) is 14.4 Å². The number of fused-ring (bicyclic) bond motifs is 6. The van der Waals surface area contributed by atoms with Crippen LogP contribution in [0.5, 0.6) is 0 Å². The smallest absolute Gasteiger partial charge is 0.144 e. The van der Waals surface area contributed by atoms with Crippen molar-refractivity contribution in [3.8, 4) is 11.3 Å². The average Bonchev–Trinajstić information content (AvgIpc) is 3.17. The van der Waals surface area contributed by atoms with Crippen LogP contribution in [0.1, 0.15) is 31.2 Å². The van der Waals surface area contributed by atoms with Crippen LogP contribution in [-0.4, -0.2) is 9.97 Å². The van der Waals surface area contributed by atoms with Crippen molar-refractivity contribution in [1.29, 1.82) is 0 Å². The number of benzene rings is 4. The topological polar surface area (TPSA) is 38.9 Å². The van der Waals surface area contributed by atoms with Gasteiger partial charge in [-0.25, -0.2) is 9.97 Å². The van der Waals surface area contributed by atoms with Crippen LogP contribution >= 0.6 is 0 Å². The van der Waals surface area contributed by atoms with Gasteiger partial charge in [-0.2, -0.15) is 0 Å². The first-order chi connectivity index (χ1) is 15.1. The molecule has 0 N–H and O–H groups in total. The molecule has 6 aromatic rings. The molecule has 4 aromatic carbocycles. The second-order valence-corrected chi connectivity index (χ2v) is 8.50. The summed E-state index contributed by atoms with van der Waals surface area (Å²) in [6, 6.07) is 25.3. The van der Waals surface area contributed by atoms with E-state index in [1.165, 1.54) is 16.3 Å². The summed E-state index contributed by atoms with van der Waals surface area (Å²) in [4.78, 5) is 10.1. The fraction of sp³-hybridized carbons (Fsp3) is 0.143. The second-order valence-electron chi connectivity index (χ2n) is 8.50. The van der Waals surface area contributed by atoms with Gasteiger partial charge in [-0.1, -0.05) is 68.4 Å². The van der Waals surface area contributed by atoms with Crippen molar-refractivity contribution in [2.45, 2.75) is 26.7 Å². The number of furan rings is 1. The highest BCUT2D eigenvalue weighted by Gasteiger charge is 2.18. The quantitative estimate of drug-likeness (QED) is 0.278. The van der Waals surface area contributed by atoms with Gasteiger partial charge in [0.2, 0.25) is 0 Å². The van der Waals surface area contributed by atoms with Crippen LogP contribution in [-0.2, 0) is 0 Å². The fourth-order valence-corrected chi connectivity index (χ4v) is 4.52. The average molecular weight is 402 g/mol. The number of aryl methyl sites for hydroxylation is 1. The molecular weight excluding hydrogens is 380 g/mol. The van der Waals surface area contributed by atoms with Crippen LogP contribution in [0, 0.1) is 6.92 Å². The minimum Gasteiger partial charge on any atom is -0.455 e. The molecular formula is C28H22N2O. The molecule has 0 aliphatic heterocycles. The second kappa shape index (κ2) is 6.64. The molecule has 0 aliphatic carbocycles. The van der Waals surface area contributed by atoms with Gasteiger partial charge >= 0.3 is 0 Å². The van der Waals surface area contributed by atoms with Gasteiger partial charge in [0.25, 0.3) is 0 Å². The predicted octanol–water partition coefficient (Wildman–Crippen LogP) is 7.78. The van der Waals surface area contributed by atoms with Gasteiger partial charge in [0.05, 0.1) is 11.2 Å². The first-order valence-electron chi connectivity index (χ1n) is 10.7. The third-order valence-electron chi connectivity index (χ3n) is 6.13. The van der Waals surface area contributed by atoms with Gasteiger partial charge in [0.1, 0.15) is 17.0 Å². The Labute approximate surface area is 180 Å². The van der Waals surface area contributed by atoms with Crippen molar-refractivity contribution in [3.05, 3.63) is 84.2 Å². The van der Waals surface area contributed by atoms with Gasteiger partial charge in [-0.15, -0.1) is 0 Å². The molecule has 0 bridgehead atoms. The molecule has 3 nitrogen and oxygen atoms in total. The summed E-state index contributed by atoms with van der Waals surface area (Å²) in [5, 5.41) is 5.69. The molecule has 0 radical (unpaired) electrons. The van der Waals surface area contributed by atoms with E-state index in [0.717, 1.165) is 49.9 Å². The Morgan fingerprint density at radius 2 is 1.42 bits per heavy atom. The minimum absolute atomic E-state index is 0.220. The molecule has 0 amide bonds. The summed E-state index contributed by atoms with van der Waals surface area (Å²) in [7, 11) is 0. The number of rotatable bonds is 2. The maximum atomic E-state index is 6.33. The highest BCUT2D eigenvalue weighted by Crippen LogP contribution is 2.39. The van der Waals surface area contributed by atoms with E-state index in [9.17, 15) is 0 Å². The van der Waals surface area contributed by atoms with Gasteiger partial charge in [-0.3, -0.25) is 0 Å². The van der Waals surface area contributed by atoms with E-state index >= 15 is 0 Å². The van der Waals surface area contributed by atoms with Crippen molar-refractivity contribution < 1.29 is 4.42 Å². The molecule has 0 saturated carbocycles. The zero-order chi connectivity index (χ0) is 21.1. The lowest BCUT2D eigenvalue weighted by Crippen LogP contribution is -2.01. The monoisotopic (exact) mass is 402 g/mol. The molecule has 0 unspecified atom stereocenters. The third kappa shape index (κ3) is 2.66. The molecule has 2 aromatic heterocycles. The Morgan fingerprint density at radius 1 is 0.677 bits per heavy atom. The largest absolute Gasteiger partial charge is 0.455 e. The minimum atomic E-state index is 0.220. The van der Waals surface area contributed by atoms with Gasteiger partial charge in [0, 0.05) is 33.0 Å². The third-order valence-corrected chi connectivity index (χ3v) is 6.13. The van der Waals surface area contributed by atoms with Crippen LogP contribution in [0.25, 0.3) is 54.9 Å².